The zero-order chi connectivity index (χ0) is 18.9. The van der Waals surface area contributed by atoms with Crippen molar-refractivity contribution in [2.45, 2.75) is 17.7 Å². The Labute approximate surface area is 151 Å². The molecule has 0 fully saturated rings. The summed E-state index contributed by atoms with van der Waals surface area (Å²) in [5.41, 5.74) is 2.35. The fourth-order valence-corrected chi connectivity index (χ4v) is 3.91. The number of sulfone groups is 1. The predicted octanol–water partition coefficient (Wildman–Crippen LogP) is 2.30. The highest BCUT2D eigenvalue weighted by molar-refractivity contribution is 7.90. The molecule has 3 rings (SSSR count). The highest BCUT2D eigenvalue weighted by Crippen LogP contribution is 2.49. The van der Waals surface area contributed by atoms with Crippen molar-refractivity contribution in [2.75, 3.05) is 19.5 Å². The first-order valence-electron chi connectivity index (χ1n) is 8.14. The molecule has 7 heteroatoms. The third-order valence-corrected chi connectivity index (χ3v) is 5.93. The molecule has 0 saturated carbocycles. The number of aromatic nitrogens is 1. The highest BCUT2D eigenvalue weighted by Gasteiger charge is 2.39. The van der Waals surface area contributed by atoms with Gasteiger partial charge in [0.2, 0.25) is 0 Å². The molecule has 0 spiro atoms. The molecule has 0 bridgehead atoms. The first-order valence-corrected chi connectivity index (χ1v) is 10.0. The van der Waals surface area contributed by atoms with Gasteiger partial charge in [-0.1, -0.05) is 12.1 Å². The number of aliphatic hydroxyl groups excluding tert-OH is 2. The monoisotopic (exact) mass is 377 g/mol. The molecule has 1 aromatic heterocycles. The zero-order valence-corrected chi connectivity index (χ0v) is 15.1. The number of halogens is 1. The number of hydrogen-bond acceptors (Lipinski definition) is 5. The second-order valence-corrected chi connectivity index (χ2v) is 8.80. The molecule has 1 heterocycles. The topological polar surface area (TPSA) is 87.5 Å². The summed E-state index contributed by atoms with van der Waals surface area (Å²) in [5.74, 6) is -0.443. The van der Waals surface area contributed by atoms with Crippen molar-refractivity contribution in [3.63, 3.8) is 0 Å². The van der Waals surface area contributed by atoms with Gasteiger partial charge in [0.05, 0.1) is 30.0 Å². The van der Waals surface area contributed by atoms with E-state index in [1.807, 2.05) is 0 Å². The zero-order valence-electron chi connectivity index (χ0n) is 14.3. The van der Waals surface area contributed by atoms with E-state index < -0.39 is 21.1 Å². The van der Waals surface area contributed by atoms with Crippen molar-refractivity contribution in [3.8, 4) is 0 Å². The third kappa shape index (κ3) is 3.56. The maximum atomic E-state index is 13.2. The van der Waals surface area contributed by atoms with E-state index in [9.17, 15) is 23.0 Å². The van der Waals surface area contributed by atoms with Gasteiger partial charge < -0.3 is 10.2 Å². The van der Waals surface area contributed by atoms with Gasteiger partial charge in [-0.05, 0) is 53.8 Å². The summed E-state index contributed by atoms with van der Waals surface area (Å²) in [6.07, 6.45) is 3.10. The molecule has 1 aliphatic carbocycles. The van der Waals surface area contributed by atoms with Crippen LogP contribution >= 0.6 is 0 Å². The van der Waals surface area contributed by atoms with Crippen LogP contribution in [0.2, 0.25) is 0 Å². The van der Waals surface area contributed by atoms with Crippen LogP contribution in [0.4, 0.5) is 4.39 Å². The van der Waals surface area contributed by atoms with E-state index >= 15 is 0 Å². The standard InChI is InChI=1S/C19H20FNO4S/c1-26(24,25)15-5-2-13(3-6-15)16-8-19(11-22,12-23)9-17(16)18-7-4-14(20)10-21-18/h2-7,10,22-23H,8-9,11-12H2,1H3. The van der Waals surface area contributed by atoms with Crippen molar-refractivity contribution in [1.82, 2.24) is 4.98 Å². The van der Waals surface area contributed by atoms with Crippen molar-refractivity contribution < 1.29 is 23.0 Å². The first kappa shape index (κ1) is 18.7. The fraction of sp³-hybridized carbons (Fsp3) is 0.316. The molecule has 1 aliphatic rings. The smallest absolute Gasteiger partial charge is 0.175 e. The van der Waals surface area contributed by atoms with E-state index in [2.05, 4.69) is 4.98 Å². The Bertz CT molecular complexity index is 931. The van der Waals surface area contributed by atoms with E-state index in [1.54, 1.807) is 18.2 Å². The lowest BCUT2D eigenvalue weighted by molar-refractivity contribution is 0.0677. The Morgan fingerprint density at radius 2 is 1.65 bits per heavy atom. The Hall–Kier alpha value is -2.09. The summed E-state index contributed by atoms with van der Waals surface area (Å²) < 4.78 is 36.5. The number of nitrogens with zero attached hydrogens (tertiary/aromatic N) is 1. The maximum Gasteiger partial charge on any atom is 0.175 e. The van der Waals surface area contributed by atoms with Crippen LogP contribution < -0.4 is 0 Å². The van der Waals surface area contributed by atoms with E-state index in [-0.39, 0.29) is 18.1 Å². The number of rotatable bonds is 5. The average molecular weight is 377 g/mol. The molecular weight excluding hydrogens is 357 g/mol. The average Bonchev–Trinajstić information content (AvgIpc) is 3.02. The lowest BCUT2D eigenvalue weighted by Gasteiger charge is -2.24. The molecule has 0 unspecified atom stereocenters. The number of hydrogen-bond donors (Lipinski definition) is 2. The summed E-state index contributed by atoms with van der Waals surface area (Å²) in [7, 11) is -3.30. The number of aliphatic hydroxyl groups is 2. The minimum absolute atomic E-state index is 0.195. The lowest BCUT2D eigenvalue weighted by atomic mass is 9.85. The van der Waals surface area contributed by atoms with Crippen LogP contribution in [-0.2, 0) is 9.84 Å². The highest BCUT2D eigenvalue weighted by atomic mass is 32.2. The van der Waals surface area contributed by atoms with Crippen LogP contribution in [0.25, 0.3) is 11.1 Å². The fourth-order valence-electron chi connectivity index (χ4n) is 3.28. The van der Waals surface area contributed by atoms with Crippen LogP contribution in [0.3, 0.4) is 0 Å². The SMILES string of the molecule is CS(=O)(=O)c1ccc(C2=C(c3ccc(F)cn3)CC(CO)(CO)C2)cc1. The van der Waals surface area contributed by atoms with Gasteiger partial charge in [-0.25, -0.2) is 12.8 Å². The van der Waals surface area contributed by atoms with Crippen LogP contribution in [-0.4, -0.2) is 43.1 Å². The van der Waals surface area contributed by atoms with Gasteiger partial charge in [0.1, 0.15) is 5.82 Å². The molecule has 26 heavy (non-hydrogen) atoms. The minimum Gasteiger partial charge on any atom is -0.396 e. The van der Waals surface area contributed by atoms with Crippen LogP contribution in [0.5, 0.6) is 0 Å². The number of benzene rings is 1. The summed E-state index contributed by atoms with van der Waals surface area (Å²) in [6, 6.07) is 9.37. The van der Waals surface area contributed by atoms with Crippen molar-refractivity contribution in [2.24, 2.45) is 5.41 Å². The molecule has 0 radical (unpaired) electrons. The van der Waals surface area contributed by atoms with Gasteiger partial charge in [-0.15, -0.1) is 0 Å². The quantitative estimate of drug-likeness (QED) is 0.835. The van der Waals surface area contributed by atoms with Gasteiger partial charge in [0.25, 0.3) is 0 Å². The molecule has 0 saturated heterocycles. The van der Waals surface area contributed by atoms with Crippen molar-refractivity contribution in [3.05, 3.63) is 59.7 Å². The summed E-state index contributed by atoms with van der Waals surface area (Å²) >= 11 is 0. The first-order chi connectivity index (χ1) is 12.3. The van der Waals surface area contributed by atoms with Crippen LogP contribution in [0.1, 0.15) is 24.1 Å². The molecule has 2 N–H and O–H groups in total. The van der Waals surface area contributed by atoms with E-state index in [0.717, 1.165) is 29.2 Å². The maximum absolute atomic E-state index is 13.2. The predicted molar refractivity (Wildman–Crippen MR) is 96.4 cm³/mol. The van der Waals surface area contributed by atoms with Gasteiger partial charge in [0, 0.05) is 11.7 Å². The summed E-state index contributed by atoms with van der Waals surface area (Å²) in [6.45, 7) is -0.391. The Morgan fingerprint density at radius 1 is 1.04 bits per heavy atom. The van der Waals surface area contributed by atoms with E-state index in [0.29, 0.717) is 18.5 Å². The van der Waals surface area contributed by atoms with Gasteiger partial charge in [-0.3, -0.25) is 4.98 Å². The van der Waals surface area contributed by atoms with Gasteiger partial charge in [0.15, 0.2) is 9.84 Å². The lowest BCUT2D eigenvalue weighted by Crippen LogP contribution is -2.27. The number of allylic oxidation sites excluding steroid dienone is 2. The van der Waals surface area contributed by atoms with Crippen LogP contribution in [0.15, 0.2) is 47.5 Å². The third-order valence-electron chi connectivity index (χ3n) is 4.81. The largest absolute Gasteiger partial charge is 0.396 e. The Morgan fingerprint density at radius 3 is 2.15 bits per heavy atom. The van der Waals surface area contributed by atoms with Gasteiger partial charge in [-0.2, -0.15) is 0 Å². The molecule has 5 nitrogen and oxygen atoms in total. The summed E-state index contributed by atoms with van der Waals surface area (Å²) in [4.78, 5) is 4.35. The van der Waals surface area contributed by atoms with Crippen molar-refractivity contribution in [1.29, 1.82) is 0 Å². The minimum atomic E-state index is -3.30. The second kappa shape index (κ2) is 6.90. The molecule has 2 aromatic rings. The second-order valence-electron chi connectivity index (χ2n) is 6.79. The molecule has 0 atom stereocenters. The molecule has 0 aliphatic heterocycles. The molecule has 1 aromatic carbocycles. The van der Waals surface area contributed by atoms with Crippen LogP contribution in [0, 0.1) is 11.2 Å². The molecule has 138 valence electrons. The van der Waals surface area contributed by atoms with Crippen molar-refractivity contribution >= 4 is 21.0 Å². The number of pyridine rings is 1. The molecular formula is C19H20FNO4S. The van der Waals surface area contributed by atoms with E-state index in [1.165, 1.54) is 18.2 Å². The Kier molecular flexibility index (Phi) is 4.96. The normalized spacial score (nSPS) is 16.9. The summed E-state index contributed by atoms with van der Waals surface area (Å²) in [5, 5.41) is 19.6. The Balaban J connectivity index is 2.09. The molecule has 0 amide bonds. The van der Waals surface area contributed by atoms with Gasteiger partial charge >= 0.3 is 0 Å². The van der Waals surface area contributed by atoms with E-state index in [4.69, 9.17) is 0 Å².